The van der Waals surface area contributed by atoms with Crippen LogP contribution in [0.1, 0.15) is 78.6 Å². The van der Waals surface area contributed by atoms with Crippen molar-refractivity contribution in [1.82, 2.24) is 0 Å². The number of hydrogen-bond donors (Lipinski definition) is 2. The zero-order chi connectivity index (χ0) is 16.8. The van der Waals surface area contributed by atoms with E-state index in [2.05, 4.69) is 13.8 Å². The summed E-state index contributed by atoms with van der Waals surface area (Å²) in [5.74, 6) is 0.415. The third-order valence-electron chi connectivity index (χ3n) is 3.95. The van der Waals surface area contributed by atoms with Gasteiger partial charge in [0.15, 0.2) is 0 Å². The van der Waals surface area contributed by atoms with Gasteiger partial charge in [0.25, 0.3) is 0 Å². The van der Waals surface area contributed by atoms with E-state index >= 15 is 0 Å². The molecule has 0 saturated carbocycles. The second-order valence-corrected chi connectivity index (χ2v) is 6.81. The average Bonchev–Trinajstić information content (AvgIpc) is 2.49. The number of unbranched alkanes of at least 4 members (excludes halogenated alkanes) is 6. The summed E-state index contributed by atoms with van der Waals surface area (Å²) in [6.45, 7) is 5.92. The summed E-state index contributed by atoms with van der Waals surface area (Å²) in [6, 6.07) is 0. The van der Waals surface area contributed by atoms with E-state index in [1.165, 1.54) is 44.9 Å². The average molecular weight is 316 g/mol. The molecule has 1 unspecified atom stereocenters. The number of aliphatic hydroxyl groups is 2. The number of hydrogen-bond acceptors (Lipinski definition) is 4. The first-order valence-corrected chi connectivity index (χ1v) is 8.93. The van der Waals surface area contributed by atoms with Crippen LogP contribution in [0.5, 0.6) is 0 Å². The first-order chi connectivity index (χ1) is 10.5. The van der Waals surface area contributed by atoms with Crippen molar-refractivity contribution in [1.29, 1.82) is 0 Å². The summed E-state index contributed by atoms with van der Waals surface area (Å²) < 4.78 is 4.95. The van der Waals surface area contributed by atoms with E-state index in [4.69, 9.17) is 14.9 Å². The SMILES string of the molecule is CC(C)CCCCCCCCCC(C)C(=O)OC[C@@H](O)CO. The van der Waals surface area contributed by atoms with E-state index in [1.807, 2.05) is 6.92 Å². The molecule has 0 fully saturated rings. The highest BCUT2D eigenvalue weighted by atomic mass is 16.5. The van der Waals surface area contributed by atoms with Gasteiger partial charge in [0.2, 0.25) is 0 Å². The summed E-state index contributed by atoms with van der Waals surface area (Å²) in [4.78, 5) is 11.6. The molecule has 0 aliphatic heterocycles. The minimum Gasteiger partial charge on any atom is -0.463 e. The quantitative estimate of drug-likeness (QED) is 0.379. The molecule has 0 rings (SSSR count). The first-order valence-electron chi connectivity index (χ1n) is 8.93. The van der Waals surface area contributed by atoms with Gasteiger partial charge in [0, 0.05) is 0 Å². The molecule has 0 amide bonds. The lowest BCUT2D eigenvalue weighted by Crippen LogP contribution is -2.24. The standard InChI is InChI=1S/C18H36O4/c1-15(2)11-9-7-5-4-6-8-10-12-16(3)18(21)22-14-17(20)13-19/h15-17,19-20H,4-14H2,1-3H3/t16?,17-/m0/s1. The number of esters is 1. The minimum atomic E-state index is -0.966. The Morgan fingerprint density at radius 2 is 1.41 bits per heavy atom. The second kappa shape index (κ2) is 14.0. The fourth-order valence-corrected chi connectivity index (χ4v) is 2.38. The molecule has 0 saturated heterocycles. The molecule has 0 radical (unpaired) electrons. The molecule has 0 aliphatic carbocycles. The molecule has 0 aromatic carbocycles. The van der Waals surface area contributed by atoms with Crippen LogP contribution in [0.4, 0.5) is 0 Å². The first kappa shape index (κ1) is 21.4. The smallest absolute Gasteiger partial charge is 0.308 e. The van der Waals surface area contributed by atoms with E-state index in [0.717, 1.165) is 18.8 Å². The monoisotopic (exact) mass is 316 g/mol. The highest BCUT2D eigenvalue weighted by molar-refractivity contribution is 5.71. The van der Waals surface area contributed by atoms with Crippen LogP contribution in [-0.4, -0.2) is 35.5 Å². The molecule has 22 heavy (non-hydrogen) atoms. The van der Waals surface area contributed by atoms with Crippen molar-refractivity contribution in [3.63, 3.8) is 0 Å². The number of rotatable bonds is 14. The van der Waals surface area contributed by atoms with Gasteiger partial charge in [0.1, 0.15) is 12.7 Å². The van der Waals surface area contributed by atoms with E-state index in [0.29, 0.717) is 0 Å². The predicted octanol–water partition coefficient (Wildman–Crippen LogP) is 3.69. The molecule has 0 spiro atoms. The molecule has 2 atom stereocenters. The van der Waals surface area contributed by atoms with Gasteiger partial charge in [-0.05, 0) is 12.3 Å². The molecule has 4 heteroatoms. The topological polar surface area (TPSA) is 66.8 Å². The zero-order valence-corrected chi connectivity index (χ0v) is 14.7. The summed E-state index contributed by atoms with van der Waals surface area (Å²) in [6.07, 6.45) is 9.97. The normalized spacial score (nSPS) is 14.1. The molecule has 4 nitrogen and oxygen atoms in total. The maximum absolute atomic E-state index is 11.6. The van der Waals surface area contributed by atoms with Crippen molar-refractivity contribution >= 4 is 5.97 Å². The van der Waals surface area contributed by atoms with Crippen LogP contribution in [0.3, 0.4) is 0 Å². The van der Waals surface area contributed by atoms with Gasteiger partial charge < -0.3 is 14.9 Å². The van der Waals surface area contributed by atoms with Crippen LogP contribution in [0.15, 0.2) is 0 Å². The van der Waals surface area contributed by atoms with E-state index < -0.39 is 6.10 Å². The summed E-state index contributed by atoms with van der Waals surface area (Å²) in [5, 5.41) is 17.8. The molecule has 0 heterocycles. The van der Waals surface area contributed by atoms with Gasteiger partial charge in [0.05, 0.1) is 12.5 Å². The van der Waals surface area contributed by atoms with Crippen molar-refractivity contribution in [2.75, 3.05) is 13.2 Å². The van der Waals surface area contributed by atoms with Crippen molar-refractivity contribution in [2.24, 2.45) is 11.8 Å². The number of carbonyl (C=O) groups is 1. The summed E-state index contributed by atoms with van der Waals surface area (Å²) in [5.41, 5.74) is 0. The molecular formula is C18H36O4. The minimum absolute atomic E-state index is 0.115. The van der Waals surface area contributed by atoms with Crippen LogP contribution in [-0.2, 0) is 9.53 Å². The van der Waals surface area contributed by atoms with Gasteiger partial charge in [-0.3, -0.25) is 4.79 Å². The molecule has 0 aromatic rings. The molecule has 0 aliphatic rings. The fraction of sp³-hybridized carbons (Fsp3) is 0.944. The third kappa shape index (κ3) is 13.1. The Kier molecular flexibility index (Phi) is 13.6. The lowest BCUT2D eigenvalue weighted by atomic mass is 10.0. The Labute approximate surface area is 136 Å². The predicted molar refractivity (Wildman–Crippen MR) is 89.6 cm³/mol. The molecule has 0 aromatic heterocycles. The maximum Gasteiger partial charge on any atom is 0.308 e. The molecular weight excluding hydrogens is 280 g/mol. The number of ether oxygens (including phenoxy) is 1. The highest BCUT2D eigenvalue weighted by Gasteiger charge is 2.15. The van der Waals surface area contributed by atoms with Crippen LogP contribution in [0.25, 0.3) is 0 Å². The van der Waals surface area contributed by atoms with Crippen molar-refractivity contribution in [3.05, 3.63) is 0 Å². The Morgan fingerprint density at radius 3 is 1.91 bits per heavy atom. The Bertz CT molecular complexity index is 266. The molecule has 2 N–H and O–H groups in total. The highest BCUT2D eigenvalue weighted by Crippen LogP contribution is 2.15. The third-order valence-corrected chi connectivity index (χ3v) is 3.95. The summed E-state index contributed by atoms with van der Waals surface area (Å²) in [7, 11) is 0. The van der Waals surface area contributed by atoms with Gasteiger partial charge in [-0.15, -0.1) is 0 Å². The second-order valence-electron chi connectivity index (χ2n) is 6.81. The van der Waals surface area contributed by atoms with Crippen molar-refractivity contribution in [3.8, 4) is 0 Å². The van der Waals surface area contributed by atoms with Crippen LogP contribution < -0.4 is 0 Å². The Hall–Kier alpha value is -0.610. The zero-order valence-electron chi connectivity index (χ0n) is 14.7. The number of carbonyl (C=O) groups excluding carboxylic acids is 1. The summed E-state index contributed by atoms with van der Waals surface area (Å²) >= 11 is 0. The van der Waals surface area contributed by atoms with Gasteiger partial charge in [-0.2, -0.15) is 0 Å². The van der Waals surface area contributed by atoms with Crippen LogP contribution in [0.2, 0.25) is 0 Å². The fourth-order valence-electron chi connectivity index (χ4n) is 2.38. The van der Waals surface area contributed by atoms with Crippen LogP contribution in [0, 0.1) is 11.8 Å². The lowest BCUT2D eigenvalue weighted by Gasteiger charge is -2.13. The van der Waals surface area contributed by atoms with Gasteiger partial charge in [-0.25, -0.2) is 0 Å². The van der Waals surface area contributed by atoms with Crippen molar-refractivity contribution < 1.29 is 19.7 Å². The maximum atomic E-state index is 11.6. The van der Waals surface area contributed by atoms with Crippen molar-refractivity contribution in [2.45, 2.75) is 84.7 Å². The van der Waals surface area contributed by atoms with Crippen LogP contribution >= 0.6 is 0 Å². The Morgan fingerprint density at radius 1 is 0.909 bits per heavy atom. The van der Waals surface area contributed by atoms with Gasteiger partial charge >= 0.3 is 5.97 Å². The van der Waals surface area contributed by atoms with Gasteiger partial charge in [-0.1, -0.05) is 72.1 Å². The lowest BCUT2D eigenvalue weighted by molar-refractivity contribution is -0.151. The van der Waals surface area contributed by atoms with E-state index in [1.54, 1.807) is 0 Å². The number of aliphatic hydroxyl groups excluding tert-OH is 2. The molecule has 0 bridgehead atoms. The molecule has 132 valence electrons. The van der Waals surface area contributed by atoms with E-state index in [-0.39, 0.29) is 25.1 Å². The Balaban J connectivity index is 3.41. The largest absolute Gasteiger partial charge is 0.463 e. The van der Waals surface area contributed by atoms with E-state index in [9.17, 15) is 4.79 Å².